The summed E-state index contributed by atoms with van der Waals surface area (Å²) in [6.07, 6.45) is 2.67. The van der Waals surface area contributed by atoms with Gasteiger partial charge in [-0.15, -0.1) is 0 Å². The van der Waals surface area contributed by atoms with Crippen LogP contribution in [0, 0.1) is 29.1 Å². The van der Waals surface area contributed by atoms with Crippen molar-refractivity contribution in [2.24, 2.45) is 29.1 Å². The van der Waals surface area contributed by atoms with Crippen molar-refractivity contribution >= 4 is 40.9 Å². The molecule has 202 valence electrons. The molecule has 0 aromatic heterocycles. The Morgan fingerprint density at radius 3 is 2.28 bits per heavy atom. The number of carbonyl (C=O) groups is 4. The lowest BCUT2D eigenvalue weighted by atomic mass is 9.51. The minimum atomic E-state index is -1.17. The first-order valence-electron chi connectivity index (χ1n) is 13.4. The summed E-state index contributed by atoms with van der Waals surface area (Å²) in [4.78, 5) is 58.3. The second kappa shape index (κ2) is 8.52. The van der Waals surface area contributed by atoms with Crippen molar-refractivity contribution in [3.8, 4) is 5.75 Å². The van der Waals surface area contributed by atoms with Gasteiger partial charge in [-0.3, -0.25) is 24.1 Å². The van der Waals surface area contributed by atoms with Crippen molar-refractivity contribution in [2.45, 2.75) is 52.0 Å². The highest BCUT2D eigenvalue weighted by molar-refractivity contribution is 6.32. The van der Waals surface area contributed by atoms with E-state index in [4.69, 9.17) is 11.6 Å². The molecule has 1 saturated carbocycles. The summed E-state index contributed by atoms with van der Waals surface area (Å²) in [5.74, 6) is -3.84. The lowest BCUT2D eigenvalue weighted by Crippen LogP contribution is -2.49. The largest absolute Gasteiger partial charge is 0.508 e. The maximum Gasteiger partial charge on any atom is 0.241 e. The molecule has 2 aliphatic carbocycles. The van der Waals surface area contributed by atoms with E-state index >= 15 is 0 Å². The quantitative estimate of drug-likeness (QED) is 0.419. The molecule has 2 saturated heterocycles. The topological polar surface area (TPSA) is 95.0 Å². The molecule has 6 rings (SSSR count). The third kappa shape index (κ3) is 3.48. The highest BCUT2D eigenvalue weighted by atomic mass is 35.5. The molecule has 0 bridgehead atoms. The summed E-state index contributed by atoms with van der Waals surface area (Å²) in [6, 6.07) is 13.5. The third-order valence-corrected chi connectivity index (χ3v) is 9.58. The molecule has 1 N–H and O–H groups in total. The summed E-state index contributed by atoms with van der Waals surface area (Å²) in [5, 5.41) is 10.4. The van der Waals surface area contributed by atoms with E-state index in [2.05, 4.69) is 0 Å². The van der Waals surface area contributed by atoms with Crippen LogP contribution in [-0.4, -0.2) is 39.2 Å². The van der Waals surface area contributed by atoms with E-state index in [1.807, 2.05) is 39.8 Å². The average Bonchev–Trinajstić information content (AvgIpc) is 3.25. The lowest BCUT2D eigenvalue weighted by Gasteiger charge is -2.49. The molecule has 2 aromatic carbocycles. The van der Waals surface area contributed by atoms with Crippen molar-refractivity contribution in [3.05, 3.63) is 70.8 Å². The van der Waals surface area contributed by atoms with Gasteiger partial charge in [-0.2, -0.15) is 0 Å². The Hall–Kier alpha value is -3.45. The van der Waals surface area contributed by atoms with Gasteiger partial charge in [0.2, 0.25) is 23.6 Å². The van der Waals surface area contributed by atoms with Crippen LogP contribution < -0.4 is 4.90 Å². The monoisotopic (exact) mass is 546 g/mol. The van der Waals surface area contributed by atoms with Gasteiger partial charge in [-0.1, -0.05) is 47.5 Å². The minimum absolute atomic E-state index is 0.00683. The van der Waals surface area contributed by atoms with E-state index in [1.165, 1.54) is 21.9 Å². The fourth-order valence-electron chi connectivity index (χ4n) is 7.59. The van der Waals surface area contributed by atoms with Crippen LogP contribution in [0.2, 0.25) is 5.02 Å². The van der Waals surface area contributed by atoms with Crippen molar-refractivity contribution < 1.29 is 24.3 Å². The first-order chi connectivity index (χ1) is 18.4. The highest BCUT2D eigenvalue weighted by Gasteiger charge is 2.68. The highest BCUT2D eigenvalue weighted by Crippen LogP contribution is 2.64. The van der Waals surface area contributed by atoms with Crippen LogP contribution in [0.5, 0.6) is 5.75 Å². The summed E-state index contributed by atoms with van der Waals surface area (Å²) in [5.41, 5.74) is 0.155. The van der Waals surface area contributed by atoms with Crippen LogP contribution in [0.4, 0.5) is 5.69 Å². The first kappa shape index (κ1) is 25.8. The van der Waals surface area contributed by atoms with Crippen molar-refractivity contribution in [1.82, 2.24) is 4.90 Å². The van der Waals surface area contributed by atoms with E-state index in [1.54, 1.807) is 30.3 Å². The number of nitrogens with zero attached hydrogens (tertiary/aromatic N) is 2. The second-order valence-corrected chi connectivity index (χ2v) is 12.8. The first-order valence-corrected chi connectivity index (χ1v) is 13.7. The number of amides is 4. The van der Waals surface area contributed by atoms with Crippen LogP contribution >= 0.6 is 11.6 Å². The van der Waals surface area contributed by atoms with E-state index in [-0.39, 0.29) is 34.4 Å². The summed E-state index contributed by atoms with van der Waals surface area (Å²) < 4.78 is 0. The van der Waals surface area contributed by atoms with E-state index in [0.717, 1.165) is 5.57 Å². The standard InChI is InChI=1S/C31H31ClN2O5/c1-30(2,3)34-26(36)20-13-12-18-21(24(20)28(34)38)15-22-27(37)33(16-8-6-5-7-9-16)29(39)31(22,4)25(18)19-11-10-17(35)14-23(19)32/h5-12,14,20-22,24-25,35H,13,15H2,1-4H3. The smallest absolute Gasteiger partial charge is 0.241 e. The molecule has 0 radical (unpaired) electrons. The Bertz CT molecular complexity index is 1460. The Labute approximate surface area is 232 Å². The summed E-state index contributed by atoms with van der Waals surface area (Å²) >= 11 is 6.70. The van der Waals surface area contributed by atoms with Gasteiger partial charge in [-0.05, 0) is 76.3 Å². The number of anilines is 1. The molecule has 2 heterocycles. The number of hydrogen-bond donors (Lipinski definition) is 1. The number of imide groups is 2. The number of allylic oxidation sites excluding steroid dienone is 2. The molecule has 3 fully saturated rings. The van der Waals surface area contributed by atoms with Gasteiger partial charge < -0.3 is 5.11 Å². The van der Waals surface area contributed by atoms with Crippen molar-refractivity contribution in [1.29, 1.82) is 0 Å². The zero-order valence-electron chi connectivity index (χ0n) is 22.3. The molecule has 8 heteroatoms. The maximum atomic E-state index is 14.3. The fraction of sp³-hybridized carbons (Fsp3) is 0.419. The van der Waals surface area contributed by atoms with Gasteiger partial charge in [0.1, 0.15) is 5.75 Å². The normalized spacial score (nSPS) is 32.2. The number of halogens is 1. The minimum Gasteiger partial charge on any atom is -0.508 e. The molecule has 6 unspecified atom stereocenters. The molecule has 4 amide bonds. The molecule has 2 aromatic rings. The Morgan fingerprint density at radius 1 is 0.949 bits per heavy atom. The molecular weight excluding hydrogens is 516 g/mol. The van der Waals surface area contributed by atoms with Gasteiger partial charge in [0, 0.05) is 16.5 Å². The van der Waals surface area contributed by atoms with E-state index in [0.29, 0.717) is 24.1 Å². The number of carbonyl (C=O) groups excluding carboxylic acids is 4. The van der Waals surface area contributed by atoms with Crippen LogP contribution in [-0.2, 0) is 19.2 Å². The molecule has 0 spiro atoms. The lowest BCUT2D eigenvalue weighted by molar-refractivity contribution is -0.145. The SMILES string of the molecule is CC12C(=O)N(c3ccccc3)C(=O)C1CC1C(=CCC3C(=O)N(C(C)(C)C)C(=O)C31)C2c1ccc(O)cc1Cl. The molecule has 39 heavy (non-hydrogen) atoms. The predicted molar refractivity (Wildman–Crippen MR) is 146 cm³/mol. The van der Waals surface area contributed by atoms with Gasteiger partial charge >= 0.3 is 0 Å². The molecule has 7 nitrogen and oxygen atoms in total. The van der Waals surface area contributed by atoms with Crippen molar-refractivity contribution in [3.63, 3.8) is 0 Å². The second-order valence-electron chi connectivity index (χ2n) is 12.4. The van der Waals surface area contributed by atoms with Crippen LogP contribution in [0.15, 0.2) is 60.2 Å². The number of fused-ring (bicyclic) bond motifs is 4. The summed E-state index contributed by atoms with van der Waals surface area (Å²) in [6.45, 7) is 7.37. The van der Waals surface area contributed by atoms with Crippen LogP contribution in [0.3, 0.4) is 0 Å². The number of phenols is 1. The Kier molecular flexibility index (Phi) is 5.64. The third-order valence-electron chi connectivity index (χ3n) is 9.25. The average molecular weight is 547 g/mol. The van der Waals surface area contributed by atoms with Crippen molar-refractivity contribution in [2.75, 3.05) is 4.90 Å². The number of hydrogen-bond acceptors (Lipinski definition) is 5. The van der Waals surface area contributed by atoms with Crippen LogP contribution in [0.25, 0.3) is 0 Å². The van der Waals surface area contributed by atoms with Gasteiger partial charge in [0.05, 0.1) is 28.9 Å². The number of likely N-dealkylation sites (tertiary alicyclic amines) is 1. The Morgan fingerprint density at radius 2 is 1.64 bits per heavy atom. The zero-order chi connectivity index (χ0) is 28.0. The van der Waals surface area contributed by atoms with Gasteiger partial charge in [0.15, 0.2) is 0 Å². The summed E-state index contributed by atoms with van der Waals surface area (Å²) in [7, 11) is 0. The molecule has 2 aliphatic heterocycles. The van der Waals surface area contributed by atoms with Gasteiger partial charge in [-0.25, -0.2) is 4.90 Å². The van der Waals surface area contributed by atoms with Gasteiger partial charge in [0.25, 0.3) is 0 Å². The Balaban J connectivity index is 1.54. The number of aromatic hydroxyl groups is 1. The number of benzene rings is 2. The predicted octanol–water partition coefficient (Wildman–Crippen LogP) is 5.07. The number of para-hydroxylation sites is 1. The maximum absolute atomic E-state index is 14.3. The van der Waals surface area contributed by atoms with Crippen LogP contribution in [0.1, 0.15) is 52.0 Å². The number of rotatable bonds is 2. The molecule has 6 atom stereocenters. The molecular formula is C31H31ClN2O5. The zero-order valence-corrected chi connectivity index (χ0v) is 23.1. The van der Waals surface area contributed by atoms with E-state index < -0.39 is 40.5 Å². The number of phenolic OH excluding ortho intramolecular Hbond substituents is 1. The molecule has 4 aliphatic rings. The van der Waals surface area contributed by atoms with E-state index in [9.17, 15) is 24.3 Å². The fourth-order valence-corrected chi connectivity index (χ4v) is 7.88.